The zero-order chi connectivity index (χ0) is 53.7. The standard InChI is InChI=1S/C57H56N8O12/c1-73-47-21-41-43(58-25-39-19-36-8-4-6-10-45(36)64(39)55(41)70)23-49(47)76-30-32-16-33(31-77-50-24-44-42(22-48(50)74-2)56(71)65-40(26-59-44)20-37-9-5-7-11-46(37)65)18-38(17-32)63-53(68)29-61-51(66)27-60-52(67)28-62-54(69)34-12-14-35(15-13-34)57(72)75-3/h4-11,16-18,21-26,34-35,39-40H,12-15,19-20,27-31H2,1-3H3,(H,60,67)(H,61,66)(H,62,69)(H,63,68)/t34?,35?,39-,40-/m0/s1. The molecule has 0 spiro atoms. The van der Waals surface area contributed by atoms with Gasteiger partial charge in [-0.15, -0.1) is 0 Å². The van der Waals surface area contributed by atoms with Gasteiger partial charge in [-0.05, 0) is 90.4 Å². The molecule has 20 heteroatoms. The highest BCUT2D eigenvalue weighted by Gasteiger charge is 2.38. The number of nitrogens with one attached hydrogen (secondary N) is 4. The molecular weight excluding hydrogens is 989 g/mol. The van der Waals surface area contributed by atoms with Gasteiger partial charge in [0.05, 0.1) is 81.5 Å². The summed E-state index contributed by atoms with van der Waals surface area (Å²) >= 11 is 0. The fourth-order valence-corrected chi connectivity index (χ4v) is 10.5. The average Bonchev–Trinajstić information content (AvgIpc) is 4.01. The number of esters is 1. The van der Waals surface area contributed by atoms with Gasteiger partial charge in [0.1, 0.15) is 13.2 Å². The van der Waals surface area contributed by atoms with Gasteiger partial charge in [0, 0.05) is 60.4 Å². The highest BCUT2D eigenvalue weighted by molar-refractivity contribution is 6.16. The van der Waals surface area contributed by atoms with E-state index >= 15 is 0 Å². The number of aliphatic imine (C=N–C) groups is 2. The normalized spacial score (nSPS) is 18.4. The molecule has 0 saturated heterocycles. The van der Waals surface area contributed by atoms with Crippen molar-refractivity contribution in [1.29, 1.82) is 0 Å². The van der Waals surface area contributed by atoms with Crippen LogP contribution in [0.4, 0.5) is 28.4 Å². The molecule has 4 aliphatic heterocycles. The number of hydrogen-bond donors (Lipinski definition) is 4. The summed E-state index contributed by atoms with van der Waals surface area (Å²) in [6, 6.07) is 26.8. The molecule has 10 rings (SSSR count). The Morgan fingerprint density at radius 2 is 1.03 bits per heavy atom. The number of rotatable bonds is 17. The van der Waals surface area contributed by atoms with Gasteiger partial charge in [-0.2, -0.15) is 0 Å². The molecule has 5 aliphatic rings. The molecule has 0 aromatic heterocycles. The van der Waals surface area contributed by atoms with Gasteiger partial charge in [-0.1, -0.05) is 36.4 Å². The number of hydrogen-bond acceptors (Lipinski definition) is 14. The molecule has 396 valence electrons. The van der Waals surface area contributed by atoms with E-state index in [1.807, 2.05) is 54.6 Å². The molecule has 4 heterocycles. The first-order chi connectivity index (χ1) is 37.4. The van der Waals surface area contributed by atoms with E-state index in [9.17, 15) is 33.6 Å². The number of benzene rings is 5. The topological polar surface area (TPSA) is 245 Å². The van der Waals surface area contributed by atoms with E-state index in [2.05, 4.69) is 21.3 Å². The summed E-state index contributed by atoms with van der Waals surface area (Å²) in [6.07, 6.45) is 6.84. The first kappa shape index (κ1) is 51.4. The van der Waals surface area contributed by atoms with E-state index in [1.165, 1.54) is 21.3 Å². The minimum absolute atomic E-state index is 0.0428. The smallest absolute Gasteiger partial charge is 0.308 e. The van der Waals surface area contributed by atoms with Gasteiger partial charge in [-0.25, -0.2) is 0 Å². The van der Waals surface area contributed by atoms with Gasteiger partial charge in [0.25, 0.3) is 11.8 Å². The quantitative estimate of drug-likeness (QED) is 0.0820. The molecule has 5 aromatic carbocycles. The van der Waals surface area contributed by atoms with Crippen LogP contribution in [0.2, 0.25) is 0 Å². The Bertz CT molecular complexity index is 3100. The van der Waals surface area contributed by atoms with Gasteiger partial charge < -0.3 is 45.0 Å². The van der Waals surface area contributed by atoms with Crippen LogP contribution in [-0.2, 0) is 54.8 Å². The van der Waals surface area contributed by atoms with Crippen molar-refractivity contribution in [2.45, 2.75) is 63.8 Å². The van der Waals surface area contributed by atoms with Gasteiger partial charge in [0.15, 0.2) is 23.0 Å². The number of nitrogens with zero attached hydrogens (tertiary/aromatic N) is 4. The summed E-state index contributed by atoms with van der Waals surface area (Å²) in [5.41, 5.74) is 6.85. The van der Waals surface area contributed by atoms with Crippen molar-refractivity contribution in [3.05, 3.63) is 124 Å². The lowest BCUT2D eigenvalue weighted by atomic mass is 9.81. The number of ether oxygens (including phenoxy) is 5. The molecule has 1 saturated carbocycles. The number of para-hydroxylation sites is 2. The Labute approximate surface area is 443 Å². The second-order valence-electron chi connectivity index (χ2n) is 19.3. The second-order valence-corrected chi connectivity index (χ2v) is 19.3. The third kappa shape index (κ3) is 11.0. The van der Waals surface area contributed by atoms with E-state index in [-0.39, 0.29) is 67.4 Å². The zero-order valence-corrected chi connectivity index (χ0v) is 42.6. The van der Waals surface area contributed by atoms with Crippen LogP contribution in [0.15, 0.2) is 101 Å². The van der Waals surface area contributed by atoms with Crippen LogP contribution in [0.25, 0.3) is 0 Å². The molecule has 2 atom stereocenters. The molecule has 77 heavy (non-hydrogen) atoms. The first-order valence-electron chi connectivity index (χ1n) is 25.3. The van der Waals surface area contributed by atoms with Crippen LogP contribution in [0.1, 0.15) is 68.7 Å². The van der Waals surface area contributed by atoms with Crippen LogP contribution in [0.3, 0.4) is 0 Å². The average molecular weight is 1050 g/mol. The molecule has 0 bridgehead atoms. The predicted molar refractivity (Wildman–Crippen MR) is 284 cm³/mol. The van der Waals surface area contributed by atoms with Crippen LogP contribution in [-0.4, -0.2) is 107 Å². The number of anilines is 3. The van der Waals surface area contributed by atoms with E-state index in [4.69, 9.17) is 33.7 Å². The van der Waals surface area contributed by atoms with Crippen molar-refractivity contribution < 1.29 is 57.2 Å². The Morgan fingerprint density at radius 3 is 1.52 bits per heavy atom. The van der Waals surface area contributed by atoms with Crippen molar-refractivity contribution >= 4 is 82.3 Å². The monoisotopic (exact) mass is 1040 g/mol. The summed E-state index contributed by atoms with van der Waals surface area (Å²) in [4.78, 5) is 104. The summed E-state index contributed by atoms with van der Waals surface area (Å²) in [5.74, 6) is -2.19. The fourth-order valence-electron chi connectivity index (χ4n) is 10.5. The van der Waals surface area contributed by atoms with Gasteiger partial charge in [-0.3, -0.25) is 53.3 Å². The third-order valence-electron chi connectivity index (χ3n) is 14.3. The third-order valence-corrected chi connectivity index (χ3v) is 14.3. The summed E-state index contributed by atoms with van der Waals surface area (Å²) in [5, 5.41) is 10.3. The summed E-state index contributed by atoms with van der Waals surface area (Å²) in [6.45, 7) is -1.33. The maximum absolute atomic E-state index is 14.1. The predicted octanol–water partition coefficient (Wildman–Crippen LogP) is 5.70. The van der Waals surface area contributed by atoms with Crippen molar-refractivity contribution in [1.82, 2.24) is 16.0 Å². The number of carbonyl (C=O) groups is 7. The molecule has 5 aromatic rings. The summed E-state index contributed by atoms with van der Waals surface area (Å²) < 4.78 is 29.1. The maximum Gasteiger partial charge on any atom is 0.308 e. The molecule has 4 N–H and O–H groups in total. The van der Waals surface area contributed by atoms with Gasteiger partial charge in [0.2, 0.25) is 23.6 Å². The SMILES string of the molecule is COC(=O)C1CCC(C(=O)NCC(=O)NCC(=O)NCC(=O)Nc2cc(COc3cc4c(cc3OC)C(=O)N3c5ccccc5C[C@H]3C=N4)cc(COc3cc4c(cc3OC)C(=O)N3c5ccccc5C[C@H]3C=N4)c2)CC1. The fraction of sp³-hybridized carbons (Fsp3) is 0.316. The Morgan fingerprint density at radius 1 is 0.558 bits per heavy atom. The van der Waals surface area contributed by atoms with E-state index in [1.54, 1.807) is 58.6 Å². The first-order valence-corrected chi connectivity index (χ1v) is 25.3. The number of fused-ring (bicyclic) bond motifs is 8. The van der Waals surface area contributed by atoms with Crippen LogP contribution < -0.4 is 50.0 Å². The van der Waals surface area contributed by atoms with Crippen molar-refractivity contribution in [3.63, 3.8) is 0 Å². The van der Waals surface area contributed by atoms with Crippen molar-refractivity contribution in [3.8, 4) is 23.0 Å². The number of amides is 6. The molecule has 1 aliphatic carbocycles. The molecule has 6 amide bonds. The molecule has 1 fully saturated rings. The van der Waals surface area contributed by atoms with E-state index in [0.29, 0.717) is 101 Å². The van der Waals surface area contributed by atoms with Crippen LogP contribution in [0.5, 0.6) is 23.0 Å². The zero-order valence-electron chi connectivity index (χ0n) is 42.6. The largest absolute Gasteiger partial charge is 0.493 e. The lowest BCUT2D eigenvalue weighted by Crippen LogP contribution is -2.44. The molecule has 0 radical (unpaired) electrons. The lowest BCUT2D eigenvalue weighted by molar-refractivity contribution is -0.147. The van der Waals surface area contributed by atoms with Crippen LogP contribution in [0, 0.1) is 11.8 Å². The number of methoxy groups -OCH3 is 3. The number of carbonyl (C=O) groups excluding carboxylic acids is 7. The second kappa shape index (κ2) is 22.4. The molecule has 20 nitrogen and oxygen atoms in total. The highest BCUT2D eigenvalue weighted by atomic mass is 16.5. The Hall–Kier alpha value is -9.07. The summed E-state index contributed by atoms with van der Waals surface area (Å²) in [7, 11) is 4.30. The maximum atomic E-state index is 14.1. The van der Waals surface area contributed by atoms with Crippen LogP contribution >= 0.6 is 0 Å². The Kier molecular flexibility index (Phi) is 15.0. The molecular formula is C57H56N8O12. The minimum atomic E-state index is -0.644. The highest BCUT2D eigenvalue weighted by Crippen LogP contribution is 2.43. The van der Waals surface area contributed by atoms with Crippen molar-refractivity contribution in [2.75, 3.05) is 56.1 Å². The van der Waals surface area contributed by atoms with E-state index in [0.717, 1.165) is 22.5 Å². The molecule has 0 unspecified atom stereocenters. The van der Waals surface area contributed by atoms with Crippen molar-refractivity contribution in [2.24, 2.45) is 21.8 Å². The minimum Gasteiger partial charge on any atom is -0.493 e. The Balaban J connectivity index is 0.817. The lowest BCUT2D eigenvalue weighted by Gasteiger charge is -2.25. The van der Waals surface area contributed by atoms with Gasteiger partial charge >= 0.3 is 5.97 Å². The van der Waals surface area contributed by atoms with E-state index < -0.39 is 30.8 Å².